The molecule has 0 bridgehead atoms. The second kappa shape index (κ2) is 9.64. The Balaban J connectivity index is 0.00000288. The molecule has 1 aliphatic heterocycles. The van der Waals surface area contributed by atoms with Crippen molar-refractivity contribution < 1.29 is 9.59 Å². The van der Waals surface area contributed by atoms with Crippen LogP contribution < -0.4 is 11.1 Å². The van der Waals surface area contributed by atoms with Gasteiger partial charge in [0, 0.05) is 32.9 Å². The molecule has 0 saturated carbocycles. The number of nitrogens with one attached hydrogen (secondary N) is 1. The number of nitrogens with zero attached hydrogens (tertiary/aromatic N) is 3. The normalized spacial score (nSPS) is 16.4. The summed E-state index contributed by atoms with van der Waals surface area (Å²) in [5.41, 5.74) is 6.48. The van der Waals surface area contributed by atoms with Gasteiger partial charge in [0.2, 0.25) is 5.91 Å². The first-order valence-corrected chi connectivity index (χ1v) is 8.32. The number of hydrogen-bond donors (Lipinski definition) is 2. The van der Waals surface area contributed by atoms with Crippen LogP contribution in [0.15, 0.2) is 12.4 Å². The lowest BCUT2D eigenvalue weighted by Crippen LogP contribution is -2.48. The van der Waals surface area contributed by atoms with Crippen molar-refractivity contribution in [2.24, 2.45) is 18.7 Å². The maximum Gasteiger partial charge on any atom is 0.254 e. The molecule has 2 heterocycles. The predicted molar refractivity (Wildman–Crippen MR) is 95.0 cm³/mol. The summed E-state index contributed by atoms with van der Waals surface area (Å²) in [7, 11) is 1.78. The average molecular weight is 358 g/mol. The zero-order valence-corrected chi connectivity index (χ0v) is 15.2. The van der Waals surface area contributed by atoms with E-state index in [9.17, 15) is 9.59 Å². The van der Waals surface area contributed by atoms with E-state index in [1.165, 1.54) is 0 Å². The van der Waals surface area contributed by atoms with Gasteiger partial charge >= 0.3 is 0 Å². The van der Waals surface area contributed by atoms with Crippen LogP contribution in [-0.4, -0.2) is 52.2 Å². The highest BCUT2D eigenvalue weighted by atomic mass is 35.5. The van der Waals surface area contributed by atoms with Gasteiger partial charge < -0.3 is 16.0 Å². The van der Waals surface area contributed by atoms with Crippen LogP contribution in [0.1, 0.15) is 43.0 Å². The zero-order chi connectivity index (χ0) is 16.8. The fourth-order valence-electron chi connectivity index (χ4n) is 2.90. The minimum absolute atomic E-state index is 0. The van der Waals surface area contributed by atoms with Crippen molar-refractivity contribution in [1.29, 1.82) is 0 Å². The van der Waals surface area contributed by atoms with Crippen molar-refractivity contribution in [2.75, 3.05) is 19.6 Å². The van der Waals surface area contributed by atoms with Crippen molar-refractivity contribution >= 4 is 24.2 Å². The molecule has 1 saturated heterocycles. The number of nitrogens with two attached hydrogens (primary N) is 1. The molecule has 0 aliphatic carbocycles. The standard InChI is InChI=1S/C16H27N5O2.ClH/c1-3-4-14(17)16(23)21-7-5-12(6-8-21)9-18-15(22)13-10-19-20(2)11-13;/h10-12,14H,3-9,17H2,1-2H3,(H,18,22);1H. The Bertz CT molecular complexity index is 540. The molecule has 1 unspecified atom stereocenters. The Morgan fingerprint density at radius 3 is 2.62 bits per heavy atom. The second-order valence-electron chi connectivity index (χ2n) is 6.28. The fraction of sp³-hybridized carbons (Fsp3) is 0.688. The summed E-state index contributed by atoms with van der Waals surface area (Å²) >= 11 is 0. The van der Waals surface area contributed by atoms with Crippen LogP contribution in [0.2, 0.25) is 0 Å². The molecule has 1 aliphatic rings. The minimum Gasteiger partial charge on any atom is -0.352 e. The highest BCUT2D eigenvalue weighted by Gasteiger charge is 2.26. The molecule has 1 aromatic heterocycles. The van der Waals surface area contributed by atoms with Gasteiger partial charge in [0.25, 0.3) is 5.91 Å². The Kier molecular flexibility index (Phi) is 8.21. The summed E-state index contributed by atoms with van der Waals surface area (Å²) in [5.74, 6) is 0.369. The van der Waals surface area contributed by atoms with Crippen molar-refractivity contribution in [1.82, 2.24) is 20.0 Å². The van der Waals surface area contributed by atoms with Gasteiger partial charge in [-0.05, 0) is 25.2 Å². The smallest absolute Gasteiger partial charge is 0.254 e. The number of piperidine rings is 1. The summed E-state index contributed by atoms with van der Waals surface area (Å²) in [6, 6.07) is -0.373. The Morgan fingerprint density at radius 2 is 2.08 bits per heavy atom. The van der Waals surface area contributed by atoms with Gasteiger partial charge in [0.05, 0.1) is 17.8 Å². The van der Waals surface area contributed by atoms with E-state index in [1.54, 1.807) is 24.1 Å². The van der Waals surface area contributed by atoms with E-state index in [4.69, 9.17) is 5.73 Å². The van der Waals surface area contributed by atoms with Crippen molar-refractivity contribution in [2.45, 2.75) is 38.6 Å². The first kappa shape index (κ1) is 20.4. The molecule has 24 heavy (non-hydrogen) atoms. The molecule has 7 nitrogen and oxygen atoms in total. The average Bonchev–Trinajstić information content (AvgIpc) is 2.99. The number of carbonyl (C=O) groups is 2. The van der Waals surface area contributed by atoms with E-state index >= 15 is 0 Å². The van der Waals surface area contributed by atoms with E-state index in [0.29, 0.717) is 18.0 Å². The number of aromatic nitrogens is 2. The maximum absolute atomic E-state index is 12.2. The van der Waals surface area contributed by atoms with Crippen LogP contribution in [0.4, 0.5) is 0 Å². The Hall–Kier alpha value is -1.60. The molecule has 136 valence electrons. The van der Waals surface area contributed by atoms with Crippen LogP contribution in [0.5, 0.6) is 0 Å². The highest BCUT2D eigenvalue weighted by molar-refractivity contribution is 5.93. The lowest BCUT2D eigenvalue weighted by Gasteiger charge is -2.33. The van der Waals surface area contributed by atoms with E-state index < -0.39 is 0 Å². The summed E-state index contributed by atoms with van der Waals surface area (Å²) in [4.78, 5) is 26.0. The highest BCUT2D eigenvalue weighted by Crippen LogP contribution is 2.17. The van der Waals surface area contributed by atoms with Gasteiger partial charge in [-0.15, -0.1) is 12.4 Å². The molecule has 0 aromatic carbocycles. The summed E-state index contributed by atoms with van der Waals surface area (Å²) in [5, 5.41) is 6.94. The van der Waals surface area contributed by atoms with Crippen LogP contribution in [0, 0.1) is 5.92 Å². The molecule has 3 N–H and O–H groups in total. The van der Waals surface area contributed by atoms with Gasteiger partial charge in [0.1, 0.15) is 0 Å². The molecule has 8 heteroatoms. The maximum atomic E-state index is 12.2. The van der Waals surface area contributed by atoms with E-state index in [-0.39, 0.29) is 30.3 Å². The summed E-state index contributed by atoms with van der Waals surface area (Å²) in [6.45, 7) is 4.12. The molecular weight excluding hydrogens is 330 g/mol. The summed E-state index contributed by atoms with van der Waals surface area (Å²) < 4.78 is 1.61. The van der Waals surface area contributed by atoms with E-state index in [0.717, 1.165) is 38.8 Å². The number of amides is 2. The molecule has 2 amide bonds. The third-order valence-electron chi connectivity index (χ3n) is 4.36. The summed E-state index contributed by atoms with van der Waals surface area (Å²) in [6.07, 6.45) is 6.72. The van der Waals surface area contributed by atoms with Crippen LogP contribution in [0.3, 0.4) is 0 Å². The SMILES string of the molecule is CCCC(N)C(=O)N1CCC(CNC(=O)c2cnn(C)c2)CC1.Cl. The molecule has 2 rings (SSSR count). The minimum atomic E-state index is -0.373. The molecule has 1 aromatic rings. The number of halogens is 1. The molecule has 1 atom stereocenters. The first-order valence-electron chi connectivity index (χ1n) is 8.32. The molecular formula is C16H28ClN5O2. The lowest BCUT2D eigenvalue weighted by molar-refractivity contribution is -0.134. The molecule has 0 radical (unpaired) electrons. The van der Waals surface area contributed by atoms with E-state index in [2.05, 4.69) is 10.4 Å². The number of hydrogen-bond acceptors (Lipinski definition) is 4. The van der Waals surface area contributed by atoms with Crippen molar-refractivity contribution in [3.8, 4) is 0 Å². The predicted octanol–water partition coefficient (Wildman–Crippen LogP) is 0.938. The van der Waals surface area contributed by atoms with Crippen LogP contribution >= 0.6 is 12.4 Å². The molecule has 1 fully saturated rings. The number of carbonyl (C=O) groups excluding carboxylic acids is 2. The Morgan fingerprint density at radius 1 is 1.42 bits per heavy atom. The van der Waals surface area contributed by atoms with Crippen LogP contribution in [-0.2, 0) is 11.8 Å². The monoisotopic (exact) mass is 357 g/mol. The van der Waals surface area contributed by atoms with Gasteiger partial charge in [0.15, 0.2) is 0 Å². The van der Waals surface area contributed by atoms with Gasteiger partial charge in [-0.1, -0.05) is 13.3 Å². The van der Waals surface area contributed by atoms with Crippen molar-refractivity contribution in [3.63, 3.8) is 0 Å². The number of rotatable bonds is 6. The number of aryl methyl sites for hydroxylation is 1. The van der Waals surface area contributed by atoms with Crippen molar-refractivity contribution in [3.05, 3.63) is 18.0 Å². The van der Waals surface area contributed by atoms with E-state index in [1.807, 2.05) is 11.8 Å². The van der Waals surface area contributed by atoms with Gasteiger partial charge in [-0.25, -0.2) is 0 Å². The topological polar surface area (TPSA) is 93.2 Å². The van der Waals surface area contributed by atoms with Gasteiger partial charge in [-0.3, -0.25) is 14.3 Å². The third-order valence-corrected chi connectivity index (χ3v) is 4.36. The Labute approximate surface area is 149 Å². The third kappa shape index (κ3) is 5.49. The number of likely N-dealkylation sites (tertiary alicyclic amines) is 1. The molecule has 0 spiro atoms. The lowest BCUT2D eigenvalue weighted by atomic mass is 9.96. The second-order valence-corrected chi connectivity index (χ2v) is 6.28. The largest absolute Gasteiger partial charge is 0.352 e. The quantitative estimate of drug-likeness (QED) is 0.792. The first-order chi connectivity index (χ1) is 11.0. The zero-order valence-electron chi connectivity index (χ0n) is 14.4. The van der Waals surface area contributed by atoms with Crippen LogP contribution in [0.25, 0.3) is 0 Å². The van der Waals surface area contributed by atoms with Gasteiger partial charge in [-0.2, -0.15) is 5.10 Å². The fourth-order valence-corrected chi connectivity index (χ4v) is 2.90.